The first-order valence-electron chi connectivity index (χ1n) is 13.2. The molecule has 8 nitrogen and oxygen atoms in total. The van der Waals surface area contributed by atoms with Gasteiger partial charge in [-0.1, -0.05) is 84.9 Å². The van der Waals surface area contributed by atoms with Gasteiger partial charge in [0.2, 0.25) is 0 Å². The highest BCUT2D eigenvalue weighted by Gasteiger charge is 2.18. The maximum atomic E-state index is 12.4. The molecule has 0 bridgehead atoms. The first kappa shape index (κ1) is 25.2. The van der Waals surface area contributed by atoms with E-state index in [1.54, 1.807) is 6.92 Å². The summed E-state index contributed by atoms with van der Waals surface area (Å²) in [6, 6.07) is 32.8. The molecule has 0 aliphatic rings. The molecule has 0 saturated heterocycles. The number of hydrogen-bond acceptors (Lipinski definition) is 6. The van der Waals surface area contributed by atoms with Gasteiger partial charge in [-0.05, 0) is 58.7 Å². The minimum atomic E-state index is -0.00337. The molecule has 2 aromatic heterocycles. The van der Waals surface area contributed by atoms with Crippen LogP contribution >= 0.6 is 0 Å². The van der Waals surface area contributed by atoms with E-state index in [9.17, 15) is 4.79 Å². The third kappa shape index (κ3) is 4.87. The number of benzene rings is 4. The number of para-hydroxylation sites is 1. The summed E-state index contributed by atoms with van der Waals surface area (Å²) in [6.07, 6.45) is 0. The Kier molecular flexibility index (Phi) is 6.89. The zero-order valence-electron chi connectivity index (χ0n) is 22.4. The maximum Gasteiger partial charge on any atom is 0.297 e. The van der Waals surface area contributed by atoms with Gasteiger partial charge in [0.25, 0.3) is 6.01 Å². The fraction of sp³-hybridized carbons (Fsp3) is 0.156. The van der Waals surface area contributed by atoms with E-state index in [1.807, 2.05) is 70.8 Å². The van der Waals surface area contributed by atoms with Crippen molar-refractivity contribution in [1.82, 2.24) is 29.8 Å². The van der Waals surface area contributed by atoms with Crippen LogP contribution in [0.1, 0.15) is 35.3 Å². The van der Waals surface area contributed by atoms with E-state index in [0.717, 1.165) is 38.9 Å². The summed E-state index contributed by atoms with van der Waals surface area (Å²) in [5, 5.41) is 12.6. The Balaban J connectivity index is 1.33. The normalized spacial score (nSPS) is 11.2. The highest BCUT2D eigenvalue weighted by Crippen LogP contribution is 2.32. The van der Waals surface area contributed by atoms with Gasteiger partial charge < -0.3 is 4.74 Å². The molecular weight excluding hydrogens is 500 g/mol. The van der Waals surface area contributed by atoms with Crippen LogP contribution < -0.4 is 4.74 Å². The fourth-order valence-electron chi connectivity index (χ4n) is 5.00. The Labute approximate surface area is 231 Å². The van der Waals surface area contributed by atoms with Crippen molar-refractivity contribution in [3.05, 3.63) is 114 Å². The molecule has 4 aromatic carbocycles. The van der Waals surface area contributed by atoms with Crippen LogP contribution in [0.15, 0.2) is 97.1 Å². The molecule has 0 radical (unpaired) electrons. The average molecular weight is 529 g/mol. The van der Waals surface area contributed by atoms with Crippen molar-refractivity contribution in [2.75, 3.05) is 6.61 Å². The van der Waals surface area contributed by atoms with Crippen molar-refractivity contribution in [2.24, 2.45) is 0 Å². The van der Waals surface area contributed by atoms with Crippen LogP contribution in [0.3, 0.4) is 0 Å². The van der Waals surface area contributed by atoms with Gasteiger partial charge in [-0.25, -0.2) is 4.68 Å². The lowest BCUT2D eigenvalue weighted by molar-refractivity contribution is 0.101. The summed E-state index contributed by atoms with van der Waals surface area (Å²) in [4.78, 5) is 17.0. The maximum absolute atomic E-state index is 12.4. The van der Waals surface area contributed by atoms with Crippen LogP contribution in [0.2, 0.25) is 0 Å². The average Bonchev–Trinajstić information content (AvgIpc) is 3.58. The summed E-state index contributed by atoms with van der Waals surface area (Å²) >= 11 is 0. The second-order valence-corrected chi connectivity index (χ2v) is 9.53. The van der Waals surface area contributed by atoms with Gasteiger partial charge in [0.15, 0.2) is 11.6 Å². The molecule has 40 heavy (non-hydrogen) atoms. The Hall–Kier alpha value is -5.11. The monoisotopic (exact) mass is 528 g/mol. The summed E-state index contributed by atoms with van der Waals surface area (Å²) in [7, 11) is 0. The van der Waals surface area contributed by atoms with Crippen LogP contribution in [0.25, 0.3) is 33.5 Å². The van der Waals surface area contributed by atoms with Crippen LogP contribution in [0.4, 0.5) is 0 Å². The zero-order chi connectivity index (χ0) is 27.5. The van der Waals surface area contributed by atoms with Crippen molar-refractivity contribution in [1.29, 1.82) is 0 Å². The van der Waals surface area contributed by atoms with Gasteiger partial charge in [0.1, 0.15) is 0 Å². The van der Waals surface area contributed by atoms with E-state index in [-0.39, 0.29) is 5.78 Å². The Morgan fingerprint density at radius 3 is 2.27 bits per heavy atom. The van der Waals surface area contributed by atoms with Gasteiger partial charge in [-0.2, -0.15) is 4.98 Å². The number of nitrogens with zero attached hydrogens (tertiary/aromatic N) is 6. The minimum absolute atomic E-state index is 0.00337. The lowest BCUT2D eigenvalue weighted by atomic mass is 9.98. The van der Waals surface area contributed by atoms with Gasteiger partial charge in [-0.3, -0.25) is 9.36 Å². The molecule has 0 atom stereocenters. The Morgan fingerprint density at radius 2 is 1.52 bits per heavy atom. The first-order valence-corrected chi connectivity index (χ1v) is 13.2. The van der Waals surface area contributed by atoms with Crippen molar-refractivity contribution < 1.29 is 9.53 Å². The predicted molar refractivity (Wildman–Crippen MR) is 154 cm³/mol. The number of hydrogen-bond donors (Lipinski definition) is 0. The molecule has 0 unspecified atom stereocenters. The topological polar surface area (TPSA) is 87.7 Å². The Morgan fingerprint density at radius 1 is 0.800 bits per heavy atom. The quantitative estimate of drug-likeness (QED) is 0.212. The molecule has 6 aromatic rings. The van der Waals surface area contributed by atoms with Crippen molar-refractivity contribution in [2.45, 2.75) is 26.9 Å². The van der Waals surface area contributed by atoms with E-state index in [2.05, 4.69) is 63.0 Å². The van der Waals surface area contributed by atoms with Crippen LogP contribution in [-0.4, -0.2) is 42.1 Å². The number of imidazole rings is 1. The van der Waals surface area contributed by atoms with Crippen molar-refractivity contribution in [3.63, 3.8) is 0 Å². The molecule has 0 aliphatic heterocycles. The second-order valence-electron chi connectivity index (χ2n) is 9.53. The van der Waals surface area contributed by atoms with Crippen molar-refractivity contribution >= 4 is 16.8 Å². The predicted octanol–water partition coefficient (Wildman–Crippen LogP) is 6.05. The summed E-state index contributed by atoms with van der Waals surface area (Å²) < 4.78 is 9.66. The molecular formula is C32H28N6O2. The van der Waals surface area contributed by atoms with Crippen molar-refractivity contribution in [3.8, 4) is 28.5 Å². The van der Waals surface area contributed by atoms with E-state index in [1.165, 1.54) is 0 Å². The molecule has 0 N–H and O–H groups in total. The number of carbonyl (C=O) groups excluding carboxylic acids is 1. The number of tetrazole rings is 1. The van der Waals surface area contributed by atoms with Gasteiger partial charge >= 0.3 is 0 Å². The molecule has 0 amide bonds. The summed E-state index contributed by atoms with van der Waals surface area (Å²) in [5.74, 6) is 0.711. The molecule has 6 rings (SSSR count). The number of ether oxygens (including phenoxy) is 1. The zero-order valence-corrected chi connectivity index (χ0v) is 22.4. The fourth-order valence-corrected chi connectivity index (χ4v) is 5.00. The second kappa shape index (κ2) is 10.9. The van der Waals surface area contributed by atoms with E-state index < -0.39 is 0 Å². The number of Topliss-reactive ketones (excluding diaryl/α,β-unsaturated/α-hetero) is 1. The number of aromatic nitrogens is 6. The molecule has 0 saturated carbocycles. The molecule has 0 fully saturated rings. The largest absolute Gasteiger partial charge is 0.465 e. The number of carbonyl (C=O) groups is 1. The van der Waals surface area contributed by atoms with Crippen LogP contribution in [-0.2, 0) is 13.1 Å². The molecule has 0 spiro atoms. The third-order valence-electron chi connectivity index (χ3n) is 6.87. The minimum Gasteiger partial charge on any atom is -0.465 e. The standard InChI is InChI=1S/C32H28N6O2/c1-3-40-32-33-29-15-9-14-26(22(2)39)30(29)37(32)20-24-16-18-25(19-17-24)27-12-7-8-13-28(27)31-34-35-36-38(31)21-23-10-5-4-6-11-23/h4-19H,3,20-21H2,1-2H3. The molecule has 198 valence electrons. The van der Waals surface area contributed by atoms with E-state index >= 15 is 0 Å². The lowest BCUT2D eigenvalue weighted by Crippen LogP contribution is -2.07. The smallest absolute Gasteiger partial charge is 0.297 e. The molecule has 8 heteroatoms. The highest BCUT2D eigenvalue weighted by atomic mass is 16.5. The number of fused-ring (bicyclic) bond motifs is 1. The third-order valence-corrected chi connectivity index (χ3v) is 6.87. The Bertz CT molecular complexity index is 1790. The SMILES string of the molecule is CCOc1nc2cccc(C(C)=O)c2n1Cc1ccc(-c2ccccc2-c2nnnn2Cc2ccccc2)cc1. The number of rotatable bonds is 9. The van der Waals surface area contributed by atoms with Crippen LogP contribution in [0, 0.1) is 0 Å². The van der Waals surface area contributed by atoms with E-state index in [4.69, 9.17) is 4.74 Å². The summed E-state index contributed by atoms with van der Waals surface area (Å²) in [6.45, 7) is 5.10. The number of ketones is 1. The first-order chi connectivity index (χ1) is 19.6. The summed E-state index contributed by atoms with van der Waals surface area (Å²) in [5.41, 5.74) is 7.42. The van der Waals surface area contributed by atoms with Gasteiger partial charge in [-0.15, -0.1) is 5.10 Å². The lowest BCUT2D eigenvalue weighted by Gasteiger charge is -2.13. The van der Waals surface area contributed by atoms with Crippen LogP contribution in [0.5, 0.6) is 6.01 Å². The molecule has 0 aliphatic carbocycles. The van der Waals surface area contributed by atoms with Gasteiger partial charge in [0.05, 0.1) is 30.7 Å². The van der Waals surface area contributed by atoms with Gasteiger partial charge in [0, 0.05) is 11.1 Å². The highest BCUT2D eigenvalue weighted by molar-refractivity contribution is 6.05. The molecule has 2 heterocycles. The van der Waals surface area contributed by atoms with E-state index in [0.29, 0.717) is 37.1 Å².